The summed E-state index contributed by atoms with van der Waals surface area (Å²) < 4.78 is 0. The molecule has 1 aromatic heterocycles. The van der Waals surface area contributed by atoms with Crippen LogP contribution in [0.15, 0.2) is 29.3 Å². The second kappa shape index (κ2) is 7.23. The van der Waals surface area contributed by atoms with Crippen LogP contribution < -0.4 is 0 Å². The molecule has 5 heteroatoms. The number of hydrogen-bond acceptors (Lipinski definition) is 4. The van der Waals surface area contributed by atoms with Gasteiger partial charge in [0.05, 0.1) is 16.8 Å². The Balaban J connectivity index is 1.83. The summed E-state index contributed by atoms with van der Waals surface area (Å²) in [5, 5.41) is 11.1. The van der Waals surface area contributed by atoms with Crippen molar-refractivity contribution in [1.29, 1.82) is 5.26 Å². The van der Waals surface area contributed by atoms with Crippen LogP contribution in [0.4, 0.5) is 0 Å². The van der Waals surface area contributed by atoms with E-state index in [1.54, 1.807) is 0 Å². The highest BCUT2D eigenvalue weighted by Gasteiger charge is 2.19. The molecule has 4 nitrogen and oxygen atoms in total. The molecule has 1 fully saturated rings. The average molecular weight is 339 g/mol. The van der Waals surface area contributed by atoms with Crippen LogP contribution in [0.5, 0.6) is 0 Å². The Kier molecular flexibility index (Phi) is 5.06. The van der Waals surface area contributed by atoms with Gasteiger partial charge in [-0.2, -0.15) is 5.26 Å². The number of thioether (sulfide) groups is 1. The van der Waals surface area contributed by atoms with Gasteiger partial charge in [0.25, 0.3) is 0 Å². The van der Waals surface area contributed by atoms with Gasteiger partial charge in [-0.3, -0.25) is 4.79 Å². The summed E-state index contributed by atoms with van der Waals surface area (Å²) in [6.45, 7) is 6.00. The van der Waals surface area contributed by atoms with Crippen molar-refractivity contribution in [3.05, 3.63) is 35.4 Å². The van der Waals surface area contributed by atoms with Crippen LogP contribution in [0.2, 0.25) is 0 Å². The first-order valence-electron chi connectivity index (χ1n) is 8.34. The van der Waals surface area contributed by atoms with E-state index in [0.717, 1.165) is 36.8 Å². The highest BCUT2D eigenvalue weighted by molar-refractivity contribution is 8.00. The monoisotopic (exact) mass is 339 g/mol. The Labute approximate surface area is 146 Å². The first-order valence-corrected chi connectivity index (χ1v) is 9.32. The van der Waals surface area contributed by atoms with Crippen LogP contribution in [-0.4, -0.2) is 34.6 Å². The number of benzene rings is 1. The second-order valence-corrected chi connectivity index (χ2v) is 7.40. The van der Waals surface area contributed by atoms with Gasteiger partial charge in [-0.15, -0.1) is 0 Å². The van der Waals surface area contributed by atoms with E-state index in [-0.39, 0.29) is 5.91 Å². The van der Waals surface area contributed by atoms with E-state index in [4.69, 9.17) is 0 Å². The molecular weight excluding hydrogens is 318 g/mol. The number of aromatic nitrogens is 1. The van der Waals surface area contributed by atoms with Crippen molar-refractivity contribution in [2.75, 3.05) is 18.8 Å². The van der Waals surface area contributed by atoms with Crippen LogP contribution in [0.3, 0.4) is 0 Å². The zero-order valence-corrected chi connectivity index (χ0v) is 14.9. The Morgan fingerprint density at radius 3 is 2.75 bits per heavy atom. The van der Waals surface area contributed by atoms with E-state index in [0.29, 0.717) is 22.3 Å². The molecule has 124 valence electrons. The number of rotatable bonds is 4. The lowest BCUT2D eigenvalue weighted by Gasteiger charge is -2.15. The average Bonchev–Trinajstić information content (AvgIpc) is 3.12. The number of fused-ring (bicyclic) bond motifs is 1. The highest BCUT2D eigenvalue weighted by Crippen LogP contribution is 2.27. The highest BCUT2D eigenvalue weighted by atomic mass is 32.2. The lowest BCUT2D eigenvalue weighted by Crippen LogP contribution is -2.29. The van der Waals surface area contributed by atoms with E-state index in [9.17, 15) is 10.1 Å². The molecule has 1 aliphatic heterocycles. The molecule has 0 spiro atoms. The van der Waals surface area contributed by atoms with E-state index in [1.807, 2.05) is 17.0 Å². The van der Waals surface area contributed by atoms with Crippen LogP contribution in [0.25, 0.3) is 10.9 Å². The Hall–Kier alpha value is -2.06. The third-order valence-corrected chi connectivity index (χ3v) is 5.36. The van der Waals surface area contributed by atoms with E-state index in [2.05, 4.69) is 37.0 Å². The van der Waals surface area contributed by atoms with E-state index < -0.39 is 0 Å². The minimum atomic E-state index is 0.137. The predicted molar refractivity (Wildman–Crippen MR) is 97.1 cm³/mol. The fourth-order valence-electron chi connectivity index (χ4n) is 2.91. The second-order valence-electron chi connectivity index (χ2n) is 6.44. The van der Waals surface area contributed by atoms with Gasteiger partial charge in [-0.1, -0.05) is 31.7 Å². The maximum absolute atomic E-state index is 12.2. The summed E-state index contributed by atoms with van der Waals surface area (Å²) in [5.41, 5.74) is 2.65. The zero-order valence-electron chi connectivity index (χ0n) is 14.1. The quantitative estimate of drug-likeness (QED) is 0.792. The molecule has 3 rings (SSSR count). The Morgan fingerprint density at radius 2 is 2.08 bits per heavy atom. The third kappa shape index (κ3) is 3.54. The summed E-state index contributed by atoms with van der Waals surface area (Å²) in [7, 11) is 0. The van der Waals surface area contributed by atoms with Gasteiger partial charge in [0.15, 0.2) is 0 Å². The number of nitriles is 1. The van der Waals surface area contributed by atoms with Gasteiger partial charge >= 0.3 is 0 Å². The van der Waals surface area contributed by atoms with Crippen molar-refractivity contribution in [3.63, 3.8) is 0 Å². The molecule has 0 aliphatic carbocycles. The SMILES string of the molecule is CC(C)c1ccc2nc(SCC(=O)N3CCCC3)c(C#N)cc2c1. The molecule has 1 saturated heterocycles. The molecule has 0 bridgehead atoms. The maximum Gasteiger partial charge on any atom is 0.232 e. The molecule has 1 amide bonds. The fourth-order valence-corrected chi connectivity index (χ4v) is 3.78. The van der Waals surface area contributed by atoms with Gasteiger partial charge in [-0.25, -0.2) is 4.98 Å². The molecule has 2 heterocycles. The summed E-state index contributed by atoms with van der Waals surface area (Å²) in [6, 6.07) is 10.3. The van der Waals surface area contributed by atoms with E-state index >= 15 is 0 Å². The molecule has 1 aromatic carbocycles. The smallest absolute Gasteiger partial charge is 0.232 e. The molecule has 2 aromatic rings. The minimum absolute atomic E-state index is 0.137. The Bertz CT molecular complexity index is 804. The van der Waals surface area contributed by atoms with Crippen molar-refractivity contribution in [2.24, 2.45) is 0 Å². The van der Waals surface area contributed by atoms with Crippen LogP contribution in [0, 0.1) is 11.3 Å². The van der Waals surface area contributed by atoms with Crippen molar-refractivity contribution in [3.8, 4) is 6.07 Å². The predicted octanol–water partition coefficient (Wildman–Crippen LogP) is 3.94. The van der Waals surface area contributed by atoms with Gasteiger partial charge in [0.1, 0.15) is 11.1 Å². The molecular formula is C19H21N3OS. The van der Waals surface area contributed by atoms with Crippen LogP contribution in [0.1, 0.15) is 43.7 Å². The minimum Gasteiger partial charge on any atom is -0.342 e. The fraction of sp³-hybridized carbons (Fsp3) is 0.421. The zero-order chi connectivity index (χ0) is 17.1. The largest absolute Gasteiger partial charge is 0.342 e. The number of carbonyl (C=O) groups excluding carboxylic acids is 1. The first kappa shape index (κ1) is 16.8. The van der Waals surface area contributed by atoms with E-state index in [1.165, 1.54) is 17.3 Å². The van der Waals surface area contributed by atoms with Crippen molar-refractivity contribution in [1.82, 2.24) is 9.88 Å². The molecule has 0 saturated carbocycles. The van der Waals surface area contributed by atoms with Crippen molar-refractivity contribution >= 4 is 28.6 Å². The molecule has 0 radical (unpaired) electrons. The lowest BCUT2D eigenvalue weighted by atomic mass is 10.0. The van der Waals surface area contributed by atoms with Crippen LogP contribution >= 0.6 is 11.8 Å². The number of likely N-dealkylation sites (tertiary alicyclic amines) is 1. The van der Waals surface area contributed by atoms with Crippen molar-refractivity contribution in [2.45, 2.75) is 37.6 Å². The summed E-state index contributed by atoms with van der Waals surface area (Å²) in [6.07, 6.45) is 2.18. The number of pyridine rings is 1. The van der Waals surface area contributed by atoms with Crippen LogP contribution in [-0.2, 0) is 4.79 Å². The Morgan fingerprint density at radius 1 is 1.33 bits per heavy atom. The number of nitrogens with zero attached hydrogens (tertiary/aromatic N) is 3. The molecule has 0 N–H and O–H groups in total. The summed E-state index contributed by atoms with van der Waals surface area (Å²) in [4.78, 5) is 18.7. The first-order chi connectivity index (χ1) is 11.6. The normalized spacial score (nSPS) is 14.3. The third-order valence-electron chi connectivity index (χ3n) is 4.38. The van der Waals surface area contributed by atoms with Gasteiger partial charge in [-0.05, 0) is 42.5 Å². The van der Waals surface area contributed by atoms with Gasteiger partial charge in [0.2, 0.25) is 5.91 Å². The molecule has 1 aliphatic rings. The van der Waals surface area contributed by atoms with Gasteiger partial charge in [0, 0.05) is 18.5 Å². The molecule has 0 unspecified atom stereocenters. The number of amides is 1. The topological polar surface area (TPSA) is 57.0 Å². The summed E-state index contributed by atoms with van der Waals surface area (Å²) >= 11 is 1.37. The van der Waals surface area contributed by atoms with Crippen molar-refractivity contribution < 1.29 is 4.79 Å². The lowest BCUT2D eigenvalue weighted by molar-refractivity contribution is -0.127. The molecule has 0 atom stereocenters. The maximum atomic E-state index is 12.2. The summed E-state index contributed by atoms with van der Waals surface area (Å²) in [5.74, 6) is 0.919. The van der Waals surface area contributed by atoms with Gasteiger partial charge < -0.3 is 4.90 Å². The number of hydrogen-bond donors (Lipinski definition) is 0. The molecule has 24 heavy (non-hydrogen) atoms. The number of carbonyl (C=O) groups is 1. The standard InChI is InChI=1S/C19H21N3OS/c1-13(2)14-5-6-17-15(9-14)10-16(11-20)19(21-17)24-12-18(23)22-7-3-4-8-22/h5-6,9-10,13H,3-4,7-8,12H2,1-2H3.